The topological polar surface area (TPSA) is 49.6 Å². The lowest BCUT2D eigenvalue weighted by Crippen LogP contribution is -2.46. The van der Waals surface area contributed by atoms with E-state index in [1.807, 2.05) is 29.7 Å². The van der Waals surface area contributed by atoms with E-state index in [1.54, 1.807) is 18.5 Å². The molecular formula is C23H23FN6. The van der Waals surface area contributed by atoms with E-state index in [1.165, 1.54) is 12.1 Å². The number of piperazine rings is 1. The fourth-order valence-electron chi connectivity index (χ4n) is 4.02. The Bertz CT molecular complexity index is 1180. The molecule has 4 aromatic rings. The van der Waals surface area contributed by atoms with Gasteiger partial charge in [0.25, 0.3) is 0 Å². The Morgan fingerprint density at radius 2 is 1.83 bits per heavy atom. The van der Waals surface area contributed by atoms with E-state index in [2.05, 4.69) is 36.9 Å². The van der Waals surface area contributed by atoms with Crippen molar-refractivity contribution in [3.63, 3.8) is 0 Å². The van der Waals surface area contributed by atoms with Gasteiger partial charge in [-0.1, -0.05) is 18.2 Å². The number of fused-ring (bicyclic) bond motifs is 1. The van der Waals surface area contributed by atoms with E-state index >= 15 is 0 Å². The Labute approximate surface area is 174 Å². The number of pyridine rings is 1. The Balaban J connectivity index is 1.35. The third-order valence-corrected chi connectivity index (χ3v) is 5.53. The van der Waals surface area contributed by atoms with Crippen molar-refractivity contribution in [2.45, 2.75) is 13.5 Å². The molecule has 0 spiro atoms. The molecule has 6 nitrogen and oxygen atoms in total. The third-order valence-electron chi connectivity index (χ3n) is 5.53. The first-order valence-electron chi connectivity index (χ1n) is 10.2. The van der Waals surface area contributed by atoms with Crippen molar-refractivity contribution in [1.82, 2.24) is 24.3 Å². The van der Waals surface area contributed by atoms with Gasteiger partial charge in [0.15, 0.2) is 11.5 Å². The van der Waals surface area contributed by atoms with Crippen LogP contribution in [0.4, 0.5) is 10.2 Å². The number of hydrogen-bond acceptors (Lipinski definition) is 5. The molecule has 1 aromatic carbocycles. The minimum Gasteiger partial charge on any atom is -0.351 e. The summed E-state index contributed by atoms with van der Waals surface area (Å²) in [7, 11) is 0. The van der Waals surface area contributed by atoms with Crippen LogP contribution in [0.25, 0.3) is 16.9 Å². The van der Waals surface area contributed by atoms with Gasteiger partial charge in [-0.05, 0) is 31.2 Å². The van der Waals surface area contributed by atoms with Crippen LogP contribution in [0, 0.1) is 12.7 Å². The molecule has 1 saturated heterocycles. The maximum absolute atomic E-state index is 13.7. The van der Waals surface area contributed by atoms with Gasteiger partial charge in [-0.25, -0.2) is 14.4 Å². The molecule has 1 aliphatic rings. The summed E-state index contributed by atoms with van der Waals surface area (Å²) < 4.78 is 15.7. The van der Waals surface area contributed by atoms with Crippen LogP contribution < -0.4 is 4.90 Å². The number of rotatable bonds is 4. The number of imidazole rings is 1. The second-order valence-electron chi connectivity index (χ2n) is 7.63. The monoisotopic (exact) mass is 402 g/mol. The van der Waals surface area contributed by atoms with Crippen LogP contribution in [0.5, 0.6) is 0 Å². The van der Waals surface area contributed by atoms with Gasteiger partial charge in [0, 0.05) is 56.4 Å². The highest BCUT2D eigenvalue weighted by Gasteiger charge is 2.21. The SMILES string of the molecule is Cc1cccc(CN2CCN(c3nccn4c(-c5cccc(F)c5)cnc34)CC2)n1. The molecule has 4 heterocycles. The van der Waals surface area contributed by atoms with E-state index in [0.717, 1.165) is 66.8 Å². The average Bonchev–Trinajstić information content (AvgIpc) is 3.19. The molecule has 0 unspecified atom stereocenters. The second kappa shape index (κ2) is 7.84. The van der Waals surface area contributed by atoms with Crippen LogP contribution in [0.3, 0.4) is 0 Å². The molecule has 1 fully saturated rings. The van der Waals surface area contributed by atoms with Gasteiger partial charge in [0.05, 0.1) is 17.6 Å². The van der Waals surface area contributed by atoms with Crippen LogP contribution in [0.2, 0.25) is 0 Å². The normalized spacial score (nSPS) is 15.1. The Morgan fingerprint density at radius 1 is 1.00 bits per heavy atom. The van der Waals surface area contributed by atoms with Crippen LogP contribution in [0.15, 0.2) is 61.1 Å². The lowest BCUT2D eigenvalue weighted by atomic mass is 10.1. The highest BCUT2D eigenvalue weighted by molar-refractivity contribution is 5.71. The summed E-state index contributed by atoms with van der Waals surface area (Å²) in [5.41, 5.74) is 4.62. The molecule has 1 aliphatic heterocycles. The molecule has 3 aromatic heterocycles. The van der Waals surface area contributed by atoms with Crippen molar-refractivity contribution < 1.29 is 4.39 Å². The predicted octanol–water partition coefficient (Wildman–Crippen LogP) is 3.56. The highest BCUT2D eigenvalue weighted by atomic mass is 19.1. The zero-order valence-electron chi connectivity index (χ0n) is 16.9. The largest absolute Gasteiger partial charge is 0.351 e. The number of hydrogen-bond donors (Lipinski definition) is 0. The Hall–Kier alpha value is -3.32. The molecule has 0 radical (unpaired) electrons. The van der Waals surface area contributed by atoms with Gasteiger partial charge < -0.3 is 4.90 Å². The first-order valence-corrected chi connectivity index (χ1v) is 10.2. The van der Waals surface area contributed by atoms with Crippen LogP contribution >= 0.6 is 0 Å². The number of nitrogens with zero attached hydrogens (tertiary/aromatic N) is 6. The van der Waals surface area contributed by atoms with E-state index in [4.69, 9.17) is 0 Å². The molecule has 30 heavy (non-hydrogen) atoms. The number of halogens is 1. The average molecular weight is 402 g/mol. The lowest BCUT2D eigenvalue weighted by Gasteiger charge is -2.35. The maximum Gasteiger partial charge on any atom is 0.180 e. The first-order chi connectivity index (χ1) is 14.7. The summed E-state index contributed by atoms with van der Waals surface area (Å²) in [5.74, 6) is 0.615. The van der Waals surface area contributed by atoms with Gasteiger partial charge in [0.2, 0.25) is 0 Å². The quantitative estimate of drug-likeness (QED) is 0.522. The van der Waals surface area contributed by atoms with Crippen molar-refractivity contribution in [2.24, 2.45) is 0 Å². The molecule has 5 rings (SSSR count). The van der Waals surface area contributed by atoms with E-state index in [0.29, 0.717) is 0 Å². The molecule has 0 saturated carbocycles. The summed E-state index contributed by atoms with van der Waals surface area (Å²) in [6, 6.07) is 12.8. The molecule has 7 heteroatoms. The predicted molar refractivity (Wildman–Crippen MR) is 115 cm³/mol. The molecule has 0 amide bonds. The second-order valence-corrected chi connectivity index (χ2v) is 7.63. The molecule has 0 aliphatic carbocycles. The van der Waals surface area contributed by atoms with E-state index in [-0.39, 0.29) is 5.82 Å². The molecular weight excluding hydrogens is 379 g/mol. The van der Waals surface area contributed by atoms with Gasteiger partial charge >= 0.3 is 0 Å². The zero-order valence-corrected chi connectivity index (χ0v) is 16.9. The fourth-order valence-corrected chi connectivity index (χ4v) is 4.02. The van der Waals surface area contributed by atoms with Crippen molar-refractivity contribution in [3.05, 3.63) is 78.3 Å². The van der Waals surface area contributed by atoms with Crippen molar-refractivity contribution in [3.8, 4) is 11.3 Å². The molecule has 152 valence electrons. The van der Waals surface area contributed by atoms with E-state index in [9.17, 15) is 4.39 Å². The summed E-state index contributed by atoms with van der Waals surface area (Å²) in [6.07, 6.45) is 5.45. The molecule has 0 bridgehead atoms. The van der Waals surface area contributed by atoms with Gasteiger partial charge in [-0.3, -0.25) is 14.3 Å². The minimum absolute atomic E-state index is 0.254. The maximum atomic E-state index is 13.7. The van der Waals surface area contributed by atoms with Gasteiger partial charge in [-0.15, -0.1) is 0 Å². The van der Waals surface area contributed by atoms with Gasteiger partial charge in [0.1, 0.15) is 5.82 Å². The van der Waals surface area contributed by atoms with Crippen molar-refractivity contribution in [1.29, 1.82) is 0 Å². The van der Waals surface area contributed by atoms with Crippen LogP contribution in [-0.4, -0.2) is 50.4 Å². The zero-order chi connectivity index (χ0) is 20.5. The summed E-state index contributed by atoms with van der Waals surface area (Å²) in [4.78, 5) is 18.5. The van der Waals surface area contributed by atoms with Gasteiger partial charge in [-0.2, -0.15) is 0 Å². The number of anilines is 1. The molecule has 0 N–H and O–H groups in total. The Kier molecular flexibility index (Phi) is 4.88. The smallest absolute Gasteiger partial charge is 0.180 e. The van der Waals surface area contributed by atoms with Crippen molar-refractivity contribution >= 4 is 11.5 Å². The highest BCUT2D eigenvalue weighted by Crippen LogP contribution is 2.26. The standard InChI is InChI=1S/C23H23FN6/c1-17-4-2-7-20(27-17)16-28-10-12-29(13-11-28)22-23-26-15-21(30(23)9-8-25-22)18-5-3-6-19(24)14-18/h2-9,14-15H,10-13,16H2,1H3. The number of aromatic nitrogens is 4. The van der Waals surface area contributed by atoms with E-state index < -0.39 is 0 Å². The number of benzene rings is 1. The summed E-state index contributed by atoms with van der Waals surface area (Å²) in [6.45, 7) is 6.52. The lowest BCUT2D eigenvalue weighted by molar-refractivity contribution is 0.246. The third kappa shape index (κ3) is 3.64. The fraction of sp³-hybridized carbons (Fsp3) is 0.261. The Morgan fingerprint density at radius 3 is 2.63 bits per heavy atom. The van der Waals surface area contributed by atoms with Crippen LogP contribution in [-0.2, 0) is 6.54 Å². The molecule has 0 atom stereocenters. The summed E-state index contributed by atoms with van der Waals surface area (Å²) >= 11 is 0. The van der Waals surface area contributed by atoms with Crippen LogP contribution in [0.1, 0.15) is 11.4 Å². The number of aryl methyl sites for hydroxylation is 1. The summed E-state index contributed by atoms with van der Waals surface area (Å²) in [5, 5.41) is 0. The van der Waals surface area contributed by atoms with Crippen molar-refractivity contribution in [2.75, 3.05) is 31.1 Å². The first kappa shape index (κ1) is 18.7. The minimum atomic E-state index is -0.254.